The smallest absolute Gasteiger partial charge is 0.243 e. The molecular formula is C12H18F2N2O2S. The molecule has 0 amide bonds. The minimum absolute atomic E-state index is 0.107. The standard InChI is InChI=1S/C12H18F2N2O2S/c1-2-3-5-9(8-15)16-19(17,18)11-7-4-6-10(13)12(11)14/h4,6-7,9,16H,2-3,5,8,15H2,1H3. The zero-order chi connectivity index (χ0) is 14.5. The minimum Gasteiger partial charge on any atom is -0.329 e. The summed E-state index contributed by atoms with van der Waals surface area (Å²) in [7, 11) is -4.10. The molecule has 0 aliphatic heterocycles. The lowest BCUT2D eigenvalue weighted by molar-refractivity contribution is 0.476. The largest absolute Gasteiger partial charge is 0.329 e. The van der Waals surface area contributed by atoms with E-state index in [-0.39, 0.29) is 6.54 Å². The first kappa shape index (κ1) is 16.0. The molecule has 0 aliphatic rings. The monoisotopic (exact) mass is 292 g/mol. The second-order valence-corrected chi connectivity index (χ2v) is 5.93. The van der Waals surface area contributed by atoms with Gasteiger partial charge in [0.15, 0.2) is 11.6 Å². The molecule has 1 rings (SSSR count). The quantitative estimate of drug-likeness (QED) is 0.804. The Bertz CT molecular complexity index is 520. The maximum absolute atomic E-state index is 13.5. The van der Waals surface area contributed by atoms with E-state index >= 15 is 0 Å². The van der Waals surface area contributed by atoms with Crippen LogP contribution < -0.4 is 10.5 Å². The fraction of sp³-hybridized carbons (Fsp3) is 0.500. The van der Waals surface area contributed by atoms with Crippen LogP contribution in [0, 0.1) is 11.6 Å². The topological polar surface area (TPSA) is 72.2 Å². The van der Waals surface area contributed by atoms with Gasteiger partial charge in [0.25, 0.3) is 0 Å². The Labute approximate surface area is 112 Å². The van der Waals surface area contributed by atoms with Gasteiger partial charge in [0, 0.05) is 12.6 Å². The highest BCUT2D eigenvalue weighted by Gasteiger charge is 2.24. The minimum atomic E-state index is -4.10. The van der Waals surface area contributed by atoms with Gasteiger partial charge in [-0.3, -0.25) is 0 Å². The first-order valence-electron chi connectivity index (χ1n) is 6.08. The average Bonchev–Trinajstić information content (AvgIpc) is 2.37. The third-order valence-electron chi connectivity index (χ3n) is 2.72. The van der Waals surface area contributed by atoms with Gasteiger partial charge in [0.1, 0.15) is 4.90 Å². The molecule has 1 aromatic rings. The Morgan fingerprint density at radius 2 is 2.05 bits per heavy atom. The van der Waals surface area contributed by atoms with Crippen molar-refractivity contribution in [2.75, 3.05) is 6.54 Å². The summed E-state index contributed by atoms with van der Waals surface area (Å²) in [6.45, 7) is 2.07. The SMILES string of the molecule is CCCCC(CN)NS(=O)(=O)c1cccc(F)c1F. The molecule has 7 heteroatoms. The van der Waals surface area contributed by atoms with E-state index in [1.54, 1.807) is 0 Å². The van der Waals surface area contributed by atoms with E-state index in [2.05, 4.69) is 4.72 Å². The van der Waals surface area contributed by atoms with Crippen molar-refractivity contribution < 1.29 is 17.2 Å². The Hall–Kier alpha value is -1.05. The van der Waals surface area contributed by atoms with Crippen LogP contribution >= 0.6 is 0 Å². The molecule has 1 unspecified atom stereocenters. The van der Waals surface area contributed by atoms with Crippen molar-refractivity contribution in [1.82, 2.24) is 4.72 Å². The van der Waals surface area contributed by atoms with Crippen LogP contribution in [0.15, 0.2) is 23.1 Å². The lowest BCUT2D eigenvalue weighted by atomic mass is 10.1. The molecule has 0 saturated carbocycles. The number of unbranched alkanes of at least 4 members (excludes halogenated alkanes) is 1. The van der Waals surface area contributed by atoms with Crippen LogP contribution in [0.25, 0.3) is 0 Å². The first-order chi connectivity index (χ1) is 8.92. The van der Waals surface area contributed by atoms with Crippen LogP contribution in [-0.2, 0) is 10.0 Å². The Morgan fingerprint density at radius 1 is 1.37 bits per heavy atom. The molecule has 0 bridgehead atoms. The molecule has 0 heterocycles. The van der Waals surface area contributed by atoms with Gasteiger partial charge in [-0.25, -0.2) is 21.9 Å². The van der Waals surface area contributed by atoms with Crippen molar-refractivity contribution >= 4 is 10.0 Å². The molecule has 4 nitrogen and oxygen atoms in total. The van der Waals surface area contributed by atoms with E-state index in [9.17, 15) is 17.2 Å². The van der Waals surface area contributed by atoms with Gasteiger partial charge in [-0.15, -0.1) is 0 Å². The van der Waals surface area contributed by atoms with E-state index in [1.807, 2.05) is 6.92 Å². The van der Waals surface area contributed by atoms with E-state index in [0.717, 1.165) is 31.0 Å². The molecule has 108 valence electrons. The van der Waals surface area contributed by atoms with Crippen molar-refractivity contribution in [3.63, 3.8) is 0 Å². The molecule has 0 aliphatic carbocycles. The summed E-state index contributed by atoms with van der Waals surface area (Å²) in [5.74, 6) is -2.57. The van der Waals surface area contributed by atoms with Gasteiger partial charge >= 0.3 is 0 Å². The lowest BCUT2D eigenvalue weighted by Crippen LogP contribution is -2.40. The van der Waals surface area contributed by atoms with Crippen LogP contribution in [-0.4, -0.2) is 21.0 Å². The molecule has 19 heavy (non-hydrogen) atoms. The summed E-state index contributed by atoms with van der Waals surface area (Å²) in [6.07, 6.45) is 2.26. The molecule has 1 aromatic carbocycles. The number of halogens is 2. The third-order valence-corrected chi connectivity index (χ3v) is 4.26. The van der Waals surface area contributed by atoms with E-state index < -0.39 is 32.6 Å². The number of nitrogens with one attached hydrogen (secondary N) is 1. The fourth-order valence-corrected chi connectivity index (χ4v) is 3.02. The van der Waals surface area contributed by atoms with Gasteiger partial charge < -0.3 is 5.73 Å². The van der Waals surface area contributed by atoms with Crippen LogP contribution in [0.5, 0.6) is 0 Å². The van der Waals surface area contributed by atoms with Crippen molar-refractivity contribution in [2.45, 2.75) is 37.1 Å². The van der Waals surface area contributed by atoms with Crippen LogP contribution in [0.1, 0.15) is 26.2 Å². The average molecular weight is 292 g/mol. The zero-order valence-corrected chi connectivity index (χ0v) is 11.5. The number of hydrogen-bond acceptors (Lipinski definition) is 3. The molecular weight excluding hydrogens is 274 g/mol. The summed E-state index contributed by atoms with van der Waals surface area (Å²) < 4.78 is 52.7. The first-order valence-corrected chi connectivity index (χ1v) is 7.57. The van der Waals surface area contributed by atoms with E-state index in [0.29, 0.717) is 6.42 Å². The fourth-order valence-electron chi connectivity index (χ4n) is 1.65. The Kier molecular flexibility index (Phi) is 5.84. The molecule has 0 spiro atoms. The normalized spacial score (nSPS) is 13.5. The predicted molar refractivity (Wildman–Crippen MR) is 69.0 cm³/mol. The molecule has 0 radical (unpaired) electrons. The number of nitrogens with two attached hydrogens (primary N) is 1. The molecule has 3 N–H and O–H groups in total. The van der Waals surface area contributed by atoms with E-state index in [4.69, 9.17) is 5.73 Å². The molecule has 0 fully saturated rings. The van der Waals surface area contributed by atoms with Gasteiger partial charge in [-0.1, -0.05) is 25.8 Å². The summed E-state index contributed by atoms with van der Waals surface area (Å²) in [4.78, 5) is -0.692. The van der Waals surface area contributed by atoms with Gasteiger partial charge in [0.2, 0.25) is 10.0 Å². The summed E-state index contributed by atoms with van der Waals surface area (Å²) >= 11 is 0. The van der Waals surface area contributed by atoms with Gasteiger partial charge in [-0.05, 0) is 18.6 Å². The number of sulfonamides is 1. The van der Waals surface area contributed by atoms with Gasteiger partial charge in [0.05, 0.1) is 0 Å². The summed E-state index contributed by atoms with van der Waals surface area (Å²) in [5.41, 5.74) is 5.47. The van der Waals surface area contributed by atoms with Crippen LogP contribution in [0.2, 0.25) is 0 Å². The Balaban J connectivity index is 2.94. The number of hydrogen-bond donors (Lipinski definition) is 2. The van der Waals surface area contributed by atoms with Crippen LogP contribution in [0.4, 0.5) is 8.78 Å². The molecule has 0 saturated heterocycles. The van der Waals surface area contributed by atoms with Crippen molar-refractivity contribution in [2.24, 2.45) is 5.73 Å². The lowest BCUT2D eigenvalue weighted by Gasteiger charge is -2.16. The van der Waals surface area contributed by atoms with Crippen molar-refractivity contribution in [1.29, 1.82) is 0 Å². The second kappa shape index (κ2) is 6.93. The Morgan fingerprint density at radius 3 is 2.63 bits per heavy atom. The van der Waals surface area contributed by atoms with Crippen LogP contribution in [0.3, 0.4) is 0 Å². The second-order valence-electron chi connectivity index (χ2n) is 4.25. The highest BCUT2D eigenvalue weighted by molar-refractivity contribution is 7.89. The maximum Gasteiger partial charge on any atom is 0.243 e. The number of rotatable bonds is 7. The van der Waals surface area contributed by atoms with Gasteiger partial charge in [-0.2, -0.15) is 0 Å². The molecule has 0 aromatic heterocycles. The summed E-state index contributed by atoms with van der Waals surface area (Å²) in [5, 5.41) is 0. The summed E-state index contributed by atoms with van der Waals surface area (Å²) in [6, 6.07) is 2.56. The maximum atomic E-state index is 13.5. The predicted octanol–water partition coefficient (Wildman–Crippen LogP) is 1.76. The van der Waals surface area contributed by atoms with E-state index in [1.165, 1.54) is 0 Å². The molecule has 1 atom stereocenters. The zero-order valence-electron chi connectivity index (χ0n) is 10.7. The highest BCUT2D eigenvalue weighted by atomic mass is 32.2. The van der Waals surface area contributed by atoms with Crippen molar-refractivity contribution in [3.05, 3.63) is 29.8 Å². The number of benzene rings is 1. The third kappa shape index (κ3) is 4.22. The highest BCUT2D eigenvalue weighted by Crippen LogP contribution is 2.17. The van der Waals surface area contributed by atoms with Crippen molar-refractivity contribution in [3.8, 4) is 0 Å².